The first-order valence-electron chi connectivity index (χ1n) is 9.84. The van der Waals surface area contributed by atoms with Crippen LogP contribution in [0.2, 0.25) is 0 Å². The summed E-state index contributed by atoms with van der Waals surface area (Å²) in [6, 6.07) is 9.88. The second kappa shape index (κ2) is 9.95. The highest BCUT2D eigenvalue weighted by atomic mass is 16.5. The van der Waals surface area contributed by atoms with Crippen molar-refractivity contribution >= 4 is 28.9 Å². The number of benzene rings is 1. The standard InChI is InChI=1S/C21H27N7O2/c1-14(13-28-11-5-6-12-28)30-18-8-4-3-7-16(18)26-27-17-9-10-19(24-20(17)23)25-21(29)15(2)22/h3-4,7-10,15H,1,5-6,11-13,22H2,2H3,(H3,23,24,25,29)/b27-26+/t15-/m0/s1. The average Bonchev–Trinajstić information content (AvgIpc) is 3.21. The molecule has 158 valence electrons. The number of nitrogens with zero attached hydrogens (tertiary/aromatic N) is 4. The molecule has 1 aliphatic rings. The molecule has 0 radical (unpaired) electrons. The Bertz CT molecular complexity index is 937. The monoisotopic (exact) mass is 409 g/mol. The summed E-state index contributed by atoms with van der Waals surface area (Å²) in [5.41, 5.74) is 12.4. The molecule has 0 aliphatic carbocycles. The number of amides is 1. The number of carbonyl (C=O) groups is 1. The molecule has 1 aromatic heterocycles. The largest absolute Gasteiger partial charge is 0.459 e. The van der Waals surface area contributed by atoms with Gasteiger partial charge in [-0.15, -0.1) is 10.2 Å². The van der Waals surface area contributed by atoms with Crippen LogP contribution in [0.5, 0.6) is 5.75 Å². The van der Waals surface area contributed by atoms with Crippen molar-refractivity contribution in [3.05, 3.63) is 48.7 Å². The second-order valence-corrected chi connectivity index (χ2v) is 7.17. The maximum absolute atomic E-state index is 11.7. The molecule has 0 spiro atoms. The summed E-state index contributed by atoms with van der Waals surface area (Å²) in [5, 5.41) is 11.0. The van der Waals surface area contributed by atoms with Gasteiger partial charge in [-0.05, 0) is 57.1 Å². The fourth-order valence-electron chi connectivity index (χ4n) is 2.97. The molecule has 1 aliphatic heterocycles. The van der Waals surface area contributed by atoms with Crippen molar-refractivity contribution in [1.82, 2.24) is 9.88 Å². The Morgan fingerprint density at radius 3 is 2.63 bits per heavy atom. The molecule has 9 heteroatoms. The number of aromatic nitrogens is 1. The van der Waals surface area contributed by atoms with Crippen molar-refractivity contribution in [3.63, 3.8) is 0 Å². The minimum Gasteiger partial charge on any atom is -0.459 e. The number of likely N-dealkylation sites (tertiary alicyclic amines) is 1. The highest BCUT2D eigenvalue weighted by Gasteiger charge is 2.14. The number of anilines is 2. The molecule has 5 N–H and O–H groups in total. The summed E-state index contributed by atoms with van der Waals surface area (Å²) < 4.78 is 5.92. The van der Waals surface area contributed by atoms with E-state index in [2.05, 4.69) is 32.0 Å². The number of para-hydroxylation sites is 1. The third-order valence-corrected chi connectivity index (χ3v) is 4.55. The zero-order valence-electron chi connectivity index (χ0n) is 17.0. The van der Waals surface area contributed by atoms with Crippen molar-refractivity contribution < 1.29 is 9.53 Å². The maximum atomic E-state index is 11.7. The summed E-state index contributed by atoms with van der Waals surface area (Å²) >= 11 is 0. The first-order chi connectivity index (χ1) is 14.4. The van der Waals surface area contributed by atoms with Crippen LogP contribution >= 0.6 is 0 Å². The molecule has 1 atom stereocenters. The van der Waals surface area contributed by atoms with Crippen LogP contribution in [-0.2, 0) is 4.79 Å². The molecular weight excluding hydrogens is 382 g/mol. The highest BCUT2D eigenvalue weighted by Crippen LogP contribution is 2.31. The number of rotatable bonds is 8. The number of azo groups is 1. The minimum absolute atomic E-state index is 0.137. The lowest BCUT2D eigenvalue weighted by Gasteiger charge is -2.17. The van der Waals surface area contributed by atoms with Crippen molar-refractivity contribution in [1.29, 1.82) is 0 Å². The van der Waals surface area contributed by atoms with Crippen molar-refractivity contribution in [2.75, 3.05) is 30.7 Å². The molecular formula is C21H27N7O2. The van der Waals surface area contributed by atoms with Gasteiger partial charge in [0.1, 0.15) is 23.0 Å². The van der Waals surface area contributed by atoms with Gasteiger partial charge in [-0.25, -0.2) is 4.98 Å². The van der Waals surface area contributed by atoms with Gasteiger partial charge < -0.3 is 21.5 Å². The molecule has 1 fully saturated rings. The van der Waals surface area contributed by atoms with Crippen LogP contribution in [0.4, 0.5) is 23.0 Å². The fourth-order valence-corrected chi connectivity index (χ4v) is 2.97. The number of pyridine rings is 1. The maximum Gasteiger partial charge on any atom is 0.242 e. The van der Waals surface area contributed by atoms with E-state index in [1.165, 1.54) is 12.8 Å². The van der Waals surface area contributed by atoms with E-state index in [9.17, 15) is 4.79 Å². The van der Waals surface area contributed by atoms with Crippen molar-refractivity contribution in [2.24, 2.45) is 16.0 Å². The number of carbonyl (C=O) groups excluding carboxylic acids is 1. The number of nitrogens with one attached hydrogen (secondary N) is 1. The molecule has 1 amide bonds. The summed E-state index contributed by atoms with van der Waals surface area (Å²) in [6.45, 7) is 8.43. The smallest absolute Gasteiger partial charge is 0.242 e. The van der Waals surface area contributed by atoms with Gasteiger partial charge in [0.2, 0.25) is 5.91 Å². The Labute approximate surface area is 175 Å². The number of hydrogen-bond donors (Lipinski definition) is 3. The first-order valence-corrected chi connectivity index (χ1v) is 9.84. The number of ether oxygens (including phenoxy) is 1. The summed E-state index contributed by atoms with van der Waals surface area (Å²) in [5.74, 6) is 1.32. The van der Waals surface area contributed by atoms with Crippen LogP contribution in [0.3, 0.4) is 0 Å². The van der Waals surface area contributed by atoms with E-state index in [0.717, 1.165) is 13.1 Å². The van der Waals surface area contributed by atoms with E-state index in [4.69, 9.17) is 16.2 Å². The van der Waals surface area contributed by atoms with Gasteiger partial charge in [-0.1, -0.05) is 18.7 Å². The molecule has 3 rings (SSSR count). The Morgan fingerprint density at radius 1 is 1.23 bits per heavy atom. The van der Waals surface area contributed by atoms with Gasteiger partial charge >= 0.3 is 0 Å². The molecule has 0 saturated carbocycles. The molecule has 30 heavy (non-hydrogen) atoms. The zero-order valence-corrected chi connectivity index (χ0v) is 17.0. The number of nitrogens with two attached hydrogens (primary N) is 2. The topological polar surface area (TPSA) is 131 Å². The second-order valence-electron chi connectivity index (χ2n) is 7.17. The predicted octanol–water partition coefficient (Wildman–Crippen LogP) is 3.35. The third-order valence-electron chi connectivity index (χ3n) is 4.55. The first kappa shape index (κ1) is 21.4. The number of hydrogen-bond acceptors (Lipinski definition) is 8. The summed E-state index contributed by atoms with van der Waals surface area (Å²) in [4.78, 5) is 18.1. The van der Waals surface area contributed by atoms with Gasteiger partial charge in [0, 0.05) is 0 Å². The Hall–Kier alpha value is -3.30. The normalized spacial score (nSPS) is 15.3. The summed E-state index contributed by atoms with van der Waals surface area (Å²) in [7, 11) is 0. The van der Waals surface area contributed by atoms with E-state index in [0.29, 0.717) is 35.2 Å². The van der Waals surface area contributed by atoms with Crippen LogP contribution in [0, 0.1) is 0 Å². The Balaban J connectivity index is 1.68. The average molecular weight is 409 g/mol. The lowest BCUT2D eigenvalue weighted by molar-refractivity contribution is -0.117. The molecule has 1 saturated heterocycles. The fraction of sp³-hybridized carbons (Fsp3) is 0.333. The quantitative estimate of drug-likeness (QED) is 0.452. The van der Waals surface area contributed by atoms with Crippen LogP contribution in [-0.4, -0.2) is 41.5 Å². The van der Waals surface area contributed by atoms with Crippen molar-refractivity contribution in [3.8, 4) is 5.75 Å². The van der Waals surface area contributed by atoms with E-state index in [-0.39, 0.29) is 11.7 Å². The lowest BCUT2D eigenvalue weighted by atomic mass is 10.3. The Morgan fingerprint density at radius 2 is 1.93 bits per heavy atom. The van der Waals surface area contributed by atoms with Gasteiger partial charge in [-0.2, -0.15) is 0 Å². The van der Waals surface area contributed by atoms with E-state index in [1.54, 1.807) is 25.1 Å². The van der Waals surface area contributed by atoms with Gasteiger partial charge in [0.25, 0.3) is 0 Å². The van der Waals surface area contributed by atoms with Crippen molar-refractivity contribution in [2.45, 2.75) is 25.8 Å². The zero-order chi connectivity index (χ0) is 21.5. The number of nitrogen functional groups attached to an aromatic ring is 1. The van der Waals surface area contributed by atoms with Crippen LogP contribution < -0.4 is 21.5 Å². The van der Waals surface area contributed by atoms with E-state index < -0.39 is 6.04 Å². The van der Waals surface area contributed by atoms with E-state index in [1.807, 2.05) is 18.2 Å². The Kier molecular flexibility index (Phi) is 7.10. The summed E-state index contributed by atoms with van der Waals surface area (Å²) in [6.07, 6.45) is 2.42. The molecule has 0 unspecified atom stereocenters. The highest BCUT2D eigenvalue weighted by molar-refractivity contribution is 5.93. The van der Waals surface area contributed by atoms with Crippen LogP contribution in [0.1, 0.15) is 19.8 Å². The molecule has 1 aromatic carbocycles. The lowest BCUT2D eigenvalue weighted by Crippen LogP contribution is -2.32. The van der Waals surface area contributed by atoms with Gasteiger partial charge in [-0.3, -0.25) is 9.69 Å². The SMILES string of the molecule is C=C(CN1CCCC1)Oc1ccccc1/N=N/c1ccc(NC(=O)[C@H](C)N)nc1N. The predicted molar refractivity (Wildman–Crippen MR) is 117 cm³/mol. The third kappa shape index (κ3) is 5.85. The van der Waals surface area contributed by atoms with Gasteiger partial charge in [0.15, 0.2) is 11.6 Å². The van der Waals surface area contributed by atoms with E-state index >= 15 is 0 Å². The minimum atomic E-state index is -0.649. The molecule has 0 bridgehead atoms. The van der Waals surface area contributed by atoms with Crippen LogP contribution in [0.25, 0.3) is 0 Å². The molecule has 2 aromatic rings. The van der Waals surface area contributed by atoms with Gasteiger partial charge in [0.05, 0.1) is 12.6 Å². The molecule has 2 heterocycles. The van der Waals surface area contributed by atoms with Crippen LogP contribution in [0.15, 0.2) is 59.0 Å². The molecule has 9 nitrogen and oxygen atoms in total.